The molecule has 20 heavy (non-hydrogen) atoms. The Bertz CT molecular complexity index is 441. The maximum absolute atomic E-state index is 11.5. The van der Waals surface area contributed by atoms with E-state index in [1.165, 1.54) is 0 Å². The molecule has 4 N–H and O–H groups in total. The van der Waals surface area contributed by atoms with Gasteiger partial charge in [-0.05, 0) is 39.3 Å². The van der Waals surface area contributed by atoms with Gasteiger partial charge in [0.1, 0.15) is 5.60 Å². The SMILES string of the molecule is CC(CNC(=O)OC(C)(C)C)NCc1ccccc1N. The second-order valence-electron chi connectivity index (χ2n) is 5.86. The molecule has 0 heterocycles. The van der Waals surface area contributed by atoms with Crippen molar-refractivity contribution in [1.29, 1.82) is 0 Å². The zero-order valence-electron chi connectivity index (χ0n) is 12.7. The number of para-hydroxylation sites is 1. The van der Waals surface area contributed by atoms with E-state index in [1.54, 1.807) is 0 Å². The van der Waals surface area contributed by atoms with Crippen LogP contribution in [0.25, 0.3) is 0 Å². The highest BCUT2D eigenvalue weighted by atomic mass is 16.6. The molecule has 1 unspecified atom stereocenters. The first-order valence-corrected chi connectivity index (χ1v) is 6.81. The molecule has 0 spiro atoms. The minimum Gasteiger partial charge on any atom is -0.444 e. The smallest absolute Gasteiger partial charge is 0.407 e. The lowest BCUT2D eigenvalue weighted by Crippen LogP contribution is -2.41. The molecule has 0 aliphatic rings. The summed E-state index contributed by atoms with van der Waals surface area (Å²) in [6, 6.07) is 7.85. The van der Waals surface area contributed by atoms with E-state index in [2.05, 4.69) is 10.6 Å². The zero-order valence-corrected chi connectivity index (χ0v) is 12.7. The molecular formula is C15H25N3O2. The summed E-state index contributed by atoms with van der Waals surface area (Å²) >= 11 is 0. The van der Waals surface area contributed by atoms with Crippen LogP contribution >= 0.6 is 0 Å². The first kappa shape index (κ1) is 16.3. The van der Waals surface area contributed by atoms with Crippen molar-refractivity contribution in [2.45, 2.75) is 45.9 Å². The maximum Gasteiger partial charge on any atom is 0.407 e. The minimum absolute atomic E-state index is 0.127. The first-order chi connectivity index (χ1) is 9.28. The van der Waals surface area contributed by atoms with Crippen molar-refractivity contribution in [2.75, 3.05) is 12.3 Å². The second kappa shape index (κ2) is 7.14. The molecule has 5 heteroatoms. The highest BCUT2D eigenvalue weighted by molar-refractivity contribution is 5.67. The largest absolute Gasteiger partial charge is 0.444 e. The van der Waals surface area contributed by atoms with Crippen LogP contribution in [-0.4, -0.2) is 24.3 Å². The van der Waals surface area contributed by atoms with Gasteiger partial charge in [0.25, 0.3) is 0 Å². The molecule has 0 saturated heterocycles. The standard InChI is InChI=1S/C15H25N3O2/c1-11(9-18-14(19)20-15(2,3)4)17-10-12-7-5-6-8-13(12)16/h5-8,11,17H,9-10,16H2,1-4H3,(H,18,19). The van der Waals surface area contributed by atoms with Gasteiger partial charge in [-0.1, -0.05) is 18.2 Å². The summed E-state index contributed by atoms with van der Waals surface area (Å²) in [4.78, 5) is 11.5. The molecular weight excluding hydrogens is 254 g/mol. The number of nitrogen functional groups attached to an aromatic ring is 1. The quantitative estimate of drug-likeness (QED) is 0.723. The summed E-state index contributed by atoms with van der Waals surface area (Å²) in [5.74, 6) is 0. The fraction of sp³-hybridized carbons (Fsp3) is 0.533. The van der Waals surface area contributed by atoms with E-state index in [1.807, 2.05) is 52.0 Å². The normalized spacial score (nSPS) is 12.8. The van der Waals surface area contributed by atoms with Crippen LogP contribution in [0.1, 0.15) is 33.3 Å². The molecule has 112 valence electrons. The molecule has 0 aromatic heterocycles. The van der Waals surface area contributed by atoms with Gasteiger partial charge in [0, 0.05) is 24.8 Å². The molecule has 0 fully saturated rings. The van der Waals surface area contributed by atoms with E-state index >= 15 is 0 Å². The number of hydrogen-bond donors (Lipinski definition) is 3. The van der Waals surface area contributed by atoms with Gasteiger partial charge in [-0.15, -0.1) is 0 Å². The molecule has 1 aromatic rings. The van der Waals surface area contributed by atoms with Crippen LogP contribution in [0.5, 0.6) is 0 Å². The van der Waals surface area contributed by atoms with E-state index in [0.717, 1.165) is 11.3 Å². The van der Waals surface area contributed by atoms with Crippen LogP contribution in [0.3, 0.4) is 0 Å². The Hall–Kier alpha value is -1.75. The van der Waals surface area contributed by atoms with Crippen LogP contribution < -0.4 is 16.4 Å². The van der Waals surface area contributed by atoms with Gasteiger partial charge in [-0.2, -0.15) is 0 Å². The van der Waals surface area contributed by atoms with Gasteiger partial charge in [0.15, 0.2) is 0 Å². The Morgan fingerprint density at radius 2 is 2.00 bits per heavy atom. The number of alkyl carbamates (subject to hydrolysis) is 1. The highest BCUT2D eigenvalue weighted by Gasteiger charge is 2.16. The third-order valence-electron chi connectivity index (χ3n) is 2.65. The van der Waals surface area contributed by atoms with Crippen LogP contribution in [-0.2, 0) is 11.3 Å². The highest BCUT2D eigenvalue weighted by Crippen LogP contribution is 2.10. The van der Waals surface area contributed by atoms with Crippen molar-refractivity contribution >= 4 is 11.8 Å². The predicted molar refractivity (Wildman–Crippen MR) is 81.4 cm³/mol. The summed E-state index contributed by atoms with van der Waals surface area (Å²) < 4.78 is 5.17. The number of rotatable bonds is 5. The molecule has 1 rings (SSSR count). The molecule has 0 radical (unpaired) electrons. The van der Waals surface area contributed by atoms with E-state index in [-0.39, 0.29) is 6.04 Å². The lowest BCUT2D eigenvalue weighted by atomic mass is 10.1. The van der Waals surface area contributed by atoms with Gasteiger partial charge >= 0.3 is 6.09 Å². The summed E-state index contributed by atoms with van der Waals surface area (Å²) in [6.45, 7) is 8.69. The zero-order chi connectivity index (χ0) is 15.2. The number of nitrogens with two attached hydrogens (primary N) is 1. The number of hydrogen-bond acceptors (Lipinski definition) is 4. The molecule has 0 aliphatic heterocycles. The number of carbonyl (C=O) groups excluding carboxylic acids is 1. The number of nitrogens with one attached hydrogen (secondary N) is 2. The van der Waals surface area contributed by atoms with Crippen molar-refractivity contribution in [3.63, 3.8) is 0 Å². The van der Waals surface area contributed by atoms with E-state index in [4.69, 9.17) is 10.5 Å². The lowest BCUT2D eigenvalue weighted by molar-refractivity contribution is 0.0523. The van der Waals surface area contributed by atoms with Gasteiger partial charge in [0.2, 0.25) is 0 Å². The van der Waals surface area contributed by atoms with Crippen LogP contribution in [0.4, 0.5) is 10.5 Å². The Labute approximate surface area is 120 Å². The van der Waals surface area contributed by atoms with Crippen LogP contribution in [0, 0.1) is 0 Å². The van der Waals surface area contributed by atoms with Crippen molar-refractivity contribution in [3.8, 4) is 0 Å². The topological polar surface area (TPSA) is 76.4 Å². The Balaban J connectivity index is 2.29. The molecule has 0 bridgehead atoms. The Morgan fingerprint density at radius 1 is 1.35 bits per heavy atom. The number of carbonyl (C=O) groups is 1. The van der Waals surface area contributed by atoms with Gasteiger partial charge in [-0.25, -0.2) is 4.79 Å². The van der Waals surface area contributed by atoms with Crippen LogP contribution in [0.2, 0.25) is 0 Å². The molecule has 1 atom stereocenters. The number of amides is 1. The fourth-order valence-electron chi connectivity index (χ4n) is 1.60. The van der Waals surface area contributed by atoms with Gasteiger partial charge < -0.3 is 21.1 Å². The third-order valence-corrected chi connectivity index (χ3v) is 2.65. The third kappa shape index (κ3) is 6.43. The van der Waals surface area contributed by atoms with Crippen molar-refractivity contribution in [3.05, 3.63) is 29.8 Å². The Morgan fingerprint density at radius 3 is 2.60 bits per heavy atom. The summed E-state index contributed by atoms with van der Waals surface area (Å²) in [5.41, 5.74) is 7.22. The second-order valence-corrected chi connectivity index (χ2v) is 5.86. The molecule has 0 saturated carbocycles. The summed E-state index contributed by atoms with van der Waals surface area (Å²) in [5, 5.41) is 6.04. The minimum atomic E-state index is -0.473. The average molecular weight is 279 g/mol. The maximum atomic E-state index is 11.5. The Kier molecular flexibility index (Phi) is 5.82. The number of benzene rings is 1. The summed E-state index contributed by atoms with van der Waals surface area (Å²) in [7, 11) is 0. The van der Waals surface area contributed by atoms with Crippen LogP contribution in [0.15, 0.2) is 24.3 Å². The van der Waals surface area contributed by atoms with E-state index < -0.39 is 11.7 Å². The lowest BCUT2D eigenvalue weighted by Gasteiger charge is -2.21. The van der Waals surface area contributed by atoms with Crippen molar-refractivity contribution < 1.29 is 9.53 Å². The average Bonchev–Trinajstić information content (AvgIpc) is 2.33. The number of anilines is 1. The predicted octanol–water partition coefficient (Wildman–Crippen LogP) is 2.27. The van der Waals surface area contributed by atoms with Crippen molar-refractivity contribution in [2.24, 2.45) is 0 Å². The van der Waals surface area contributed by atoms with Crippen molar-refractivity contribution in [1.82, 2.24) is 10.6 Å². The summed E-state index contributed by atoms with van der Waals surface area (Å²) in [6.07, 6.45) is -0.398. The van der Waals surface area contributed by atoms with E-state index in [0.29, 0.717) is 13.1 Å². The number of ether oxygens (including phenoxy) is 1. The molecule has 5 nitrogen and oxygen atoms in total. The molecule has 0 aliphatic carbocycles. The fourth-order valence-corrected chi connectivity index (χ4v) is 1.60. The molecule has 1 amide bonds. The van der Waals surface area contributed by atoms with E-state index in [9.17, 15) is 4.79 Å². The van der Waals surface area contributed by atoms with Gasteiger partial charge in [0.05, 0.1) is 0 Å². The monoisotopic (exact) mass is 279 g/mol. The van der Waals surface area contributed by atoms with Gasteiger partial charge in [-0.3, -0.25) is 0 Å². The molecule has 1 aromatic carbocycles. The first-order valence-electron chi connectivity index (χ1n) is 6.81.